The number of benzene rings is 3. The molecule has 152 valence electrons. The summed E-state index contributed by atoms with van der Waals surface area (Å²) in [4.78, 5) is 14.8. The number of hydrogen-bond donors (Lipinski definition) is 0. The fourth-order valence-electron chi connectivity index (χ4n) is 3.55. The zero-order chi connectivity index (χ0) is 21.3. The van der Waals surface area contributed by atoms with Gasteiger partial charge in [-0.1, -0.05) is 66.2 Å². The third kappa shape index (κ3) is 3.81. The van der Waals surface area contributed by atoms with Crippen LogP contribution in [-0.2, 0) is 11.3 Å². The van der Waals surface area contributed by atoms with E-state index < -0.39 is 5.38 Å². The third-order valence-corrected chi connectivity index (χ3v) is 5.68. The van der Waals surface area contributed by atoms with Crippen LogP contribution in [0.1, 0.15) is 18.2 Å². The van der Waals surface area contributed by atoms with Crippen molar-refractivity contribution in [2.45, 2.75) is 25.8 Å². The van der Waals surface area contributed by atoms with Gasteiger partial charge in [0.05, 0.1) is 23.6 Å². The molecule has 1 atom stereocenters. The maximum atomic E-state index is 13.1. The van der Waals surface area contributed by atoms with Gasteiger partial charge in [0.2, 0.25) is 5.91 Å². The molecule has 1 amide bonds. The van der Waals surface area contributed by atoms with Gasteiger partial charge in [0, 0.05) is 10.9 Å². The van der Waals surface area contributed by atoms with Crippen LogP contribution in [0.5, 0.6) is 0 Å². The number of anilines is 1. The van der Waals surface area contributed by atoms with Crippen LogP contribution in [0.2, 0.25) is 5.15 Å². The van der Waals surface area contributed by atoms with Gasteiger partial charge in [-0.15, -0.1) is 11.6 Å². The number of carbonyl (C=O) groups is 1. The Bertz CT molecular complexity index is 1200. The molecule has 4 rings (SSSR count). The highest BCUT2D eigenvalue weighted by molar-refractivity contribution is 6.33. The van der Waals surface area contributed by atoms with Crippen molar-refractivity contribution >= 4 is 45.6 Å². The number of aryl methyl sites for hydroxylation is 1. The van der Waals surface area contributed by atoms with Gasteiger partial charge in [0.1, 0.15) is 10.5 Å². The number of rotatable bonds is 5. The summed E-state index contributed by atoms with van der Waals surface area (Å²) < 4.78 is 1.70. The molecule has 0 saturated heterocycles. The summed E-state index contributed by atoms with van der Waals surface area (Å²) in [5.74, 6) is -0.184. The molecule has 0 aliphatic heterocycles. The zero-order valence-corrected chi connectivity index (χ0v) is 18.2. The lowest BCUT2D eigenvalue weighted by Gasteiger charge is -2.25. The Labute approximate surface area is 185 Å². The first-order valence-electron chi connectivity index (χ1n) is 9.70. The standard InChI is InChI=1S/C24H21Cl2N3O/c1-16(25)24(30)28(22-14-8-10-18-9-6-7-13-20(18)22)15-21-17(2)27-29(23(21)26)19-11-4-3-5-12-19/h3-14,16H,15H2,1-2H3/t16-/m1/s1. The lowest BCUT2D eigenvalue weighted by atomic mass is 10.1. The summed E-state index contributed by atoms with van der Waals surface area (Å²) in [6.45, 7) is 3.86. The Morgan fingerprint density at radius 3 is 2.43 bits per heavy atom. The third-order valence-electron chi connectivity index (χ3n) is 5.10. The van der Waals surface area contributed by atoms with Gasteiger partial charge in [-0.2, -0.15) is 5.10 Å². The van der Waals surface area contributed by atoms with E-state index in [1.165, 1.54) is 0 Å². The summed E-state index contributed by atoms with van der Waals surface area (Å²) in [6.07, 6.45) is 0. The molecule has 0 radical (unpaired) electrons. The van der Waals surface area contributed by atoms with Crippen molar-refractivity contribution in [2.24, 2.45) is 0 Å². The van der Waals surface area contributed by atoms with Gasteiger partial charge in [-0.05, 0) is 37.4 Å². The fourth-order valence-corrected chi connectivity index (χ4v) is 4.00. The Balaban J connectivity index is 1.81. The molecule has 0 saturated carbocycles. The number of alkyl halides is 1. The quantitative estimate of drug-likeness (QED) is 0.351. The first-order chi connectivity index (χ1) is 14.5. The maximum Gasteiger partial charge on any atom is 0.245 e. The van der Waals surface area contributed by atoms with E-state index in [1.54, 1.807) is 16.5 Å². The van der Waals surface area contributed by atoms with E-state index in [2.05, 4.69) is 5.10 Å². The average molecular weight is 438 g/mol. The van der Waals surface area contributed by atoms with E-state index in [1.807, 2.05) is 79.7 Å². The van der Waals surface area contributed by atoms with E-state index in [4.69, 9.17) is 23.2 Å². The number of fused-ring (bicyclic) bond motifs is 1. The molecular formula is C24H21Cl2N3O. The van der Waals surface area contributed by atoms with Crippen LogP contribution < -0.4 is 4.90 Å². The molecule has 0 N–H and O–H groups in total. The molecule has 0 bridgehead atoms. The Morgan fingerprint density at radius 2 is 1.70 bits per heavy atom. The number of hydrogen-bond acceptors (Lipinski definition) is 2. The monoisotopic (exact) mass is 437 g/mol. The number of nitrogens with zero attached hydrogens (tertiary/aromatic N) is 3. The Hall–Kier alpha value is -2.82. The molecule has 0 unspecified atom stereocenters. The minimum Gasteiger partial charge on any atom is -0.306 e. The smallest absolute Gasteiger partial charge is 0.245 e. The topological polar surface area (TPSA) is 38.1 Å². The molecule has 0 spiro atoms. The van der Waals surface area contributed by atoms with E-state index >= 15 is 0 Å². The van der Waals surface area contributed by atoms with Crippen molar-refractivity contribution in [3.05, 3.63) is 89.2 Å². The fraction of sp³-hybridized carbons (Fsp3) is 0.167. The summed E-state index contributed by atoms with van der Waals surface area (Å²) >= 11 is 13.0. The predicted octanol–water partition coefficient (Wildman–Crippen LogP) is 6.15. The van der Waals surface area contributed by atoms with E-state index in [0.717, 1.165) is 33.4 Å². The molecule has 0 aliphatic carbocycles. The second-order valence-corrected chi connectivity index (χ2v) is 8.15. The molecule has 1 aromatic heterocycles. The first kappa shape index (κ1) is 20.5. The highest BCUT2D eigenvalue weighted by Gasteiger charge is 2.25. The van der Waals surface area contributed by atoms with Gasteiger partial charge < -0.3 is 4.90 Å². The normalized spacial score (nSPS) is 12.1. The molecule has 4 nitrogen and oxygen atoms in total. The van der Waals surface area contributed by atoms with Crippen molar-refractivity contribution in [2.75, 3.05) is 4.90 Å². The van der Waals surface area contributed by atoms with E-state index in [-0.39, 0.29) is 12.5 Å². The zero-order valence-electron chi connectivity index (χ0n) is 16.7. The van der Waals surface area contributed by atoms with Crippen molar-refractivity contribution < 1.29 is 4.79 Å². The highest BCUT2D eigenvalue weighted by atomic mass is 35.5. The number of amides is 1. The molecule has 0 aliphatic rings. The van der Waals surface area contributed by atoms with Crippen molar-refractivity contribution in [3.8, 4) is 5.69 Å². The lowest BCUT2D eigenvalue weighted by Crippen LogP contribution is -2.35. The van der Waals surface area contributed by atoms with E-state index in [0.29, 0.717) is 5.15 Å². The van der Waals surface area contributed by atoms with Gasteiger partial charge in [-0.25, -0.2) is 4.68 Å². The highest BCUT2D eigenvalue weighted by Crippen LogP contribution is 2.32. The summed E-state index contributed by atoms with van der Waals surface area (Å²) in [6, 6.07) is 23.6. The Kier molecular flexibility index (Phi) is 5.80. The van der Waals surface area contributed by atoms with Crippen LogP contribution >= 0.6 is 23.2 Å². The van der Waals surface area contributed by atoms with Gasteiger partial charge >= 0.3 is 0 Å². The van der Waals surface area contributed by atoms with Crippen LogP contribution in [0.4, 0.5) is 5.69 Å². The van der Waals surface area contributed by atoms with Crippen molar-refractivity contribution in [3.63, 3.8) is 0 Å². The van der Waals surface area contributed by atoms with Crippen molar-refractivity contribution in [1.29, 1.82) is 0 Å². The minimum absolute atomic E-state index is 0.184. The van der Waals surface area contributed by atoms with Crippen LogP contribution in [0, 0.1) is 6.92 Å². The minimum atomic E-state index is -0.674. The molecule has 0 fully saturated rings. The summed E-state index contributed by atoms with van der Waals surface area (Å²) in [5.41, 5.74) is 3.22. The van der Waals surface area contributed by atoms with E-state index in [9.17, 15) is 4.79 Å². The second-order valence-electron chi connectivity index (χ2n) is 7.14. The van der Waals surface area contributed by atoms with Crippen LogP contribution in [0.3, 0.4) is 0 Å². The number of carbonyl (C=O) groups excluding carboxylic acids is 1. The first-order valence-corrected chi connectivity index (χ1v) is 10.5. The van der Waals surface area contributed by atoms with Gasteiger partial charge in [0.25, 0.3) is 0 Å². The molecule has 6 heteroatoms. The van der Waals surface area contributed by atoms with Crippen LogP contribution in [-0.4, -0.2) is 21.1 Å². The molecule has 30 heavy (non-hydrogen) atoms. The lowest BCUT2D eigenvalue weighted by molar-refractivity contribution is -0.118. The average Bonchev–Trinajstić information content (AvgIpc) is 3.05. The Morgan fingerprint density at radius 1 is 1.03 bits per heavy atom. The van der Waals surface area contributed by atoms with Gasteiger partial charge in [0.15, 0.2) is 0 Å². The predicted molar refractivity (Wildman–Crippen MR) is 124 cm³/mol. The summed E-state index contributed by atoms with van der Waals surface area (Å²) in [5, 5.41) is 6.45. The molecule has 4 aromatic rings. The largest absolute Gasteiger partial charge is 0.306 e. The number of halogens is 2. The van der Waals surface area contributed by atoms with Crippen molar-refractivity contribution in [1.82, 2.24) is 9.78 Å². The van der Waals surface area contributed by atoms with Crippen LogP contribution in [0.25, 0.3) is 16.5 Å². The maximum absolute atomic E-state index is 13.1. The van der Waals surface area contributed by atoms with Gasteiger partial charge in [-0.3, -0.25) is 4.79 Å². The second kappa shape index (κ2) is 8.50. The van der Waals surface area contributed by atoms with Crippen LogP contribution in [0.15, 0.2) is 72.8 Å². The number of aromatic nitrogens is 2. The summed E-state index contributed by atoms with van der Waals surface area (Å²) in [7, 11) is 0. The molecule has 3 aromatic carbocycles. The SMILES string of the molecule is Cc1nn(-c2ccccc2)c(Cl)c1CN(C(=O)[C@@H](C)Cl)c1cccc2ccccc12. The molecule has 1 heterocycles. The number of para-hydroxylation sites is 1. The molecular weight excluding hydrogens is 417 g/mol.